The van der Waals surface area contributed by atoms with E-state index in [0.29, 0.717) is 0 Å². The summed E-state index contributed by atoms with van der Waals surface area (Å²) in [6, 6.07) is 75.1. The molecule has 0 unspecified atom stereocenters. The number of para-hydroxylation sites is 2. The Morgan fingerprint density at radius 1 is 0.323 bits per heavy atom. The predicted octanol–water partition coefficient (Wildman–Crippen LogP) is 14.5. The average Bonchev–Trinajstić information content (AvgIpc) is 3.64. The second kappa shape index (κ2) is 13.4. The van der Waals surface area contributed by atoms with Crippen LogP contribution in [0.3, 0.4) is 0 Å². The van der Waals surface area contributed by atoms with Gasteiger partial charge in [0.15, 0.2) is 0 Å². The van der Waals surface area contributed by atoms with Gasteiger partial charge in [-0.3, -0.25) is 0 Å². The highest BCUT2D eigenvalue weighted by Gasteiger charge is 2.51. The maximum Gasteiger partial charge on any atom is 0.140 e. The van der Waals surface area contributed by atoms with Crippen LogP contribution < -0.4 is 4.74 Å². The highest BCUT2D eigenvalue weighted by molar-refractivity contribution is 6.15. The molecular weight excluding hydrogens is 755 g/mol. The summed E-state index contributed by atoms with van der Waals surface area (Å²) in [7, 11) is 0. The zero-order valence-electron chi connectivity index (χ0n) is 33.5. The van der Waals surface area contributed by atoms with Crippen molar-refractivity contribution in [2.24, 2.45) is 0 Å². The molecule has 288 valence electrons. The Hall–Kier alpha value is -8.21. The molecule has 13 rings (SSSR count). The van der Waals surface area contributed by atoms with Gasteiger partial charge in [0.05, 0.1) is 39.0 Å². The van der Waals surface area contributed by atoms with Crippen LogP contribution in [0.1, 0.15) is 22.3 Å². The Morgan fingerprint density at radius 3 is 1.56 bits per heavy atom. The fourth-order valence-electron chi connectivity index (χ4n) is 10.2. The van der Waals surface area contributed by atoms with Gasteiger partial charge in [-0.25, -0.2) is 15.0 Å². The average molecular weight is 790 g/mol. The minimum atomic E-state index is -0.549. The molecule has 4 heteroatoms. The fraction of sp³-hybridized carbons (Fsp3) is 0.0172. The monoisotopic (exact) mass is 789 g/mol. The van der Waals surface area contributed by atoms with Crippen molar-refractivity contribution in [2.45, 2.75) is 5.41 Å². The number of fused-ring (bicyclic) bond motifs is 14. The van der Waals surface area contributed by atoms with E-state index in [2.05, 4.69) is 176 Å². The topological polar surface area (TPSA) is 47.9 Å². The van der Waals surface area contributed by atoms with Gasteiger partial charge >= 0.3 is 0 Å². The SMILES string of the molecule is c1ccc(-c2nc3ccc(-c4ccc(-c5nc6ccccc6c6c7c(ccc56)C5(c6ccccc6O7)c6ccccc6-c6ccccc65)cc4)cc3nc2-c2ccccc2)cc1. The van der Waals surface area contributed by atoms with E-state index in [4.69, 9.17) is 19.7 Å². The molecule has 0 fully saturated rings. The molecule has 0 amide bonds. The number of pyridine rings is 1. The normalized spacial score (nSPS) is 13.1. The van der Waals surface area contributed by atoms with E-state index in [0.717, 1.165) is 100 Å². The van der Waals surface area contributed by atoms with Crippen LogP contribution in [-0.2, 0) is 5.41 Å². The number of benzene rings is 9. The quantitative estimate of drug-likeness (QED) is 0.167. The van der Waals surface area contributed by atoms with Crippen molar-refractivity contribution in [2.75, 3.05) is 0 Å². The number of rotatable bonds is 4. The maximum atomic E-state index is 7.15. The highest BCUT2D eigenvalue weighted by Crippen LogP contribution is 2.63. The Morgan fingerprint density at radius 2 is 0.855 bits per heavy atom. The summed E-state index contributed by atoms with van der Waals surface area (Å²) in [6.45, 7) is 0. The van der Waals surface area contributed by atoms with Crippen molar-refractivity contribution in [3.05, 3.63) is 235 Å². The summed E-state index contributed by atoms with van der Waals surface area (Å²) in [5.41, 5.74) is 17.4. The van der Waals surface area contributed by atoms with E-state index in [1.54, 1.807) is 0 Å². The van der Waals surface area contributed by atoms with E-state index in [1.165, 1.54) is 22.3 Å². The van der Waals surface area contributed by atoms with Crippen LogP contribution in [0.5, 0.6) is 11.5 Å². The van der Waals surface area contributed by atoms with Crippen LogP contribution in [-0.4, -0.2) is 15.0 Å². The van der Waals surface area contributed by atoms with Crippen LogP contribution in [0.4, 0.5) is 0 Å². The lowest BCUT2D eigenvalue weighted by atomic mass is 9.65. The summed E-state index contributed by atoms with van der Waals surface area (Å²) < 4.78 is 7.15. The molecule has 2 aromatic heterocycles. The van der Waals surface area contributed by atoms with Crippen LogP contribution >= 0.6 is 0 Å². The van der Waals surface area contributed by atoms with Gasteiger partial charge in [-0.15, -0.1) is 0 Å². The highest BCUT2D eigenvalue weighted by atomic mass is 16.5. The van der Waals surface area contributed by atoms with E-state index in [-0.39, 0.29) is 0 Å². The first-order valence-corrected chi connectivity index (χ1v) is 21.1. The van der Waals surface area contributed by atoms with Crippen LogP contribution in [0.2, 0.25) is 0 Å². The molecule has 2 aliphatic rings. The molecule has 11 aromatic rings. The molecule has 0 radical (unpaired) electrons. The summed E-state index contributed by atoms with van der Waals surface area (Å²) in [6.07, 6.45) is 0. The number of hydrogen-bond acceptors (Lipinski definition) is 4. The number of hydrogen-bond donors (Lipinski definition) is 0. The molecule has 9 aromatic carbocycles. The van der Waals surface area contributed by atoms with Crippen molar-refractivity contribution < 1.29 is 4.74 Å². The van der Waals surface area contributed by atoms with Crippen molar-refractivity contribution in [1.82, 2.24) is 15.0 Å². The van der Waals surface area contributed by atoms with E-state index in [1.807, 2.05) is 36.4 Å². The van der Waals surface area contributed by atoms with Crippen LogP contribution in [0.15, 0.2) is 212 Å². The Bertz CT molecular complexity index is 3550. The first-order valence-electron chi connectivity index (χ1n) is 21.1. The van der Waals surface area contributed by atoms with Crippen LogP contribution in [0.25, 0.3) is 88.7 Å². The standard InChI is InChI=1S/C58H35N3O/c1-3-15-37(16-4-1)55-56(38-17-5-2-6-18-38)61-51-35-40(31-34-50(51)60-55)36-27-29-39(30-28-36)54-44-32-33-48-57(53(44)43-21-9-13-25-49(43)59-54)62-52-26-14-12-24-47(52)58(48)45-22-10-7-19-41(45)42-20-8-11-23-46(42)58/h1-35H. The van der Waals surface area contributed by atoms with Gasteiger partial charge < -0.3 is 4.74 Å². The summed E-state index contributed by atoms with van der Waals surface area (Å²) >= 11 is 0. The zero-order valence-corrected chi connectivity index (χ0v) is 33.5. The van der Waals surface area contributed by atoms with Gasteiger partial charge in [-0.05, 0) is 57.6 Å². The molecule has 3 heterocycles. The smallest absolute Gasteiger partial charge is 0.140 e. The van der Waals surface area contributed by atoms with E-state index >= 15 is 0 Å². The van der Waals surface area contributed by atoms with E-state index < -0.39 is 5.41 Å². The second-order valence-electron chi connectivity index (χ2n) is 16.2. The lowest BCUT2D eigenvalue weighted by Crippen LogP contribution is -2.32. The summed E-state index contributed by atoms with van der Waals surface area (Å²) in [4.78, 5) is 15.8. The van der Waals surface area contributed by atoms with Gasteiger partial charge in [-0.2, -0.15) is 0 Å². The Balaban J connectivity index is 0.970. The molecule has 1 aliphatic carbocycles. The molecule has 62 heavy (non-hydrogen) atoms. The first-order chi connectivity index (χ1) is 30.7. The molecule has 1 aliphatic heterocycles. The first kappa shape index (κ1) is 34.6. The largest absolute Gasteiger partial charge is 0.456 e. The lowest BCUT2D eigenvalue weighted by molar-refractivity contribution is 0.442. The molecule has 0 atom stereocenters. The van der Waals surface area contributed by atoms with Gasteiger partial charge in [0, 0.05) is 44.0 Å². The van der Waals surface area contributed by atoms with Crippen molar-refractivity contribution in [1.29, 1.82) is 0 Å². The molecule has 4 nitrogen and oxygen atoms in total. The third-order valence-corrected chi connectivity index (χ3v) is 12.9. The number of nitrogens with zero attached hydrogens (tertiary/aromatic N) is 3. The molecule has 0 bridgehead atoms. The number of ether oxygens (including phenoxy) is 1. The Labute approximate surface area is 358 Å². The van der Waals surface area contributed by atoms with E-state index in [9.17, 15) is 0 Å². The molecule has 0 saturated carbocycles. The Kier molecular flexibility index (Phi) is 7.49. The third kappa shape index (κ3) is 4.98. The fourth-order valence-corrected chi connectivity index (χ4v) is 10.2. The van der Waals surface area contributed by atoms with Crippen molar-refractivity contribution in [3.63, 3.8) is 0 Å². The molecule has 0 N–H and O–H groups in total. The second-order valence-corrected chi connectivity index (χ2v) is 16.2. The minimum Gasteiger partial charge on any atom is -0.456 e. The van der Waals surface area contributed by atoms with Crippen LogP contribution in [0, 0.1) is 0 Å². The van der Waals surface area contributed by atoms with Gasteiger partial charge in [-0.1, -0.05) is 188 Å². The molecule has 1 spiro atoms. The molecular formula is C58H35N3O. The van der Waals surface area contributed by atoms with Crippen molar-refractivity contribution in [3.8, 4) is 67.5 Å². The van der Waals surface area contributed by atoms with Crippen molar-refractivity contribution >= 4 is 32.7 Å². The summed E-state index contributed by atoms with van der Waals surface area (Å²) in [5, 5.41) is 3.18. The zero-order chi connectivity index (χ0) is 40.8. The maximum absolute atomic E-state index is 7.15. The predicted molar refractivity (Wildman–Crippen MR) is 251 cm³/mol. The summed E-state index contributed by atoms with van der Waals surface area (Å²) in [5.74, 6) is 1.75. The van der Waals surface area contributed by atoms with Gasteiger partial charge in [0.2, 0.25) is 0 Å². The molecule has 0 saturated heterocycles. The third-order valence-electron chi connectivity index (χ3n) is 12.9. The van der Waals surface area contributed by atoms with Gasteiger partial charge in [0.25, 0.3) is 0 Å². The number of aromatic nitrogens is 3. The van der Waals surface area contributed by atoms with Gasteiger partial charge in [0.1, 0.15) is 11.5 Å². The lowest BCUT2D eigenvalue weighted by Gasteiger charge is -2.40. The minimum absolute atomic E-state index is 0.549.